The summed E-state index contributed by atoms with van der Waals surface area (Å²) in [6.45, 7) is 3.83. The van der Waals surface area contributed by atoms with Crippen molar-refractivity contribution in [1.82, 2.24) is 20.1 Å². The number of halogens is 1. The van der Waals surface area contributed by atoms with Crippen molar-refractivity contribution in [3.63, 3.8) is 0 Å². The Morgan fingerprint density at radius 2 is 1.87 bits per heavy atom. The molecule has 2 aromatic heterocycles. The molecule has 1 amide bonds. The van der Waals surface area contributed by atoms with E-state index in [9.17, 15) is 19.8 Å². The van der Waals surface area contributed by atoms with Crippen LogP contribution in [0.25, 0.3) is 16.9 Å². The fraction of sp³-hybridized carbons (Fsp3) is 0.172. The molecule has 2 aromatic carbocycles. The van der Waals surface area contributed by atoms with Gasteiger partial charge >= 0.3 is 5.97 Å². The number of rotatable bonds is 12. The molecule has 0 saturated heterocycles. The zero-order valence-electron chi connectivity index (χ0n) is 20.9. The van der Waals surface area contributed by atoms with E-state index in [4.69, 9.17) is 16.3 Å². The quantitative estimate of drug-likeness (QED) is 0.226. The SMILES string of the molecule is C=CCOc1cc(C(=O)NC(Cc2ccc(-c3cccc(Cl)c3)cc2)CC(O)C(=O)O)nn1-c1ccccn1. The molecule has 0 radical (unpaired) electrons. The number of ether oxygens (including phenoxy) is 1. The number of carboxylic acids is 1. The number of aliphatic carboxylic acids is 1. The summed E-state index contributed by atoms with van der Waals surface area (Å²) >= 11 is 6.10. The molecule has 200 valence electrons. The minimum atomic E-state index is -1.65. The molecule has 2 unspecified atom stereocenters. The minimum absolute atomic E-state index is 0.0471. The van der Waals surface area contributed by atoms with Gasteiger partial charge in [0.15, 0.2) is 17.6 Å². The molecule has 10 heteroatoms. The highest BCUT2D eigenvalue weighted by atomic mass is 35.5. The van der Waals surface area contributed by atoms with E-state index in [-0.39, 0.29) is 31.0 Å². The Labute approximate surface area is 230 Å². The molecule has 9 nitrogen and oxygen atoms in total. The summed E-state index contributed by atoms with van der Waals surface area (Å²) in [5, 5.41) is 27.1. The molecule has 0 spiro atoms. The maximum Gasteiger partial charge on any atom is 0.332 e. The molecule has 2 atom stereocenters. The molecule has 0 saturated carbocycles. The van der Waals surface area contributed by atoms with Crippen LogP contribution in [0.4, 0.5) is 0 Å². The lowest BCUT2D eigenvalue weighted by Crippen LogP contribution is -2.40. The third-order valence-electron chi connectivity index (χ3n) is 5.85. The summed E-state index contributed by atoms with van der Waals surface area (Å²) in [5.74, 6) is -1.18. The molecule has 0 aliphatic carbocycles. The maximum absolute atomic E-state index is 13.2. The number of carbonyl (C=O) groups is 2. The minimum Gasteiger partial charge on any atom is -0.479 e. The second-order valence-electron chi connectivity index (χ2n) is 8.74. The van der Waals surface area contributed by atoms with Crippen LogP contribution in [-0.4, -0.2) is 55.6 Å². The van der Waals surface area contributed by atoms with Crippen molar-refractivity contribution in [3.05, 3.63) is 108 Å². The van der Waals surface area contributed by atoms with Crippen LogP contribution in [0.2, 0.25) is 5.02 Å². The van der Waals surface area contributed by atoms with E-state index in [1.54, 1.807) is 36.5 Å². The van der Waals surface area contributed by atoms with Crippen LogP contribution < -0.4 is 10.1 Å². The summed E-state index contributed by atoms with van der Waals surface area (Å²) in [5.41, 5.74) is 2.81. The smallest absolute Gasteiger partial charge is 0.332 e. The number of hydrogen-bond acceptors (Lipinski definition) is 6. The second kappa shape index (κ2) is 12.9. The zero-order valence-corrected chi connectivity index (χ0v) is 21.7. The van der Waals surface area contributed by atoms with Gasteiger partial charge in [-0.25, -0.2) is 9.78 Å². The van der Waals surface area contributed by atoms with Crippen LogP contribution in [0.5, 0.6) is 5.88 Å². The number of carboxylic acid groups (broad SMARTS) is 1. The number of nitrogens with zero attached hydrogens (tertiary/aromatic N) is 3. The fourth-order valence-electron chi connectivity index (χ4n) is 3.97. The third-order valence-corrected chi connectivity index (χ3v) is 6.08. The van der Waals surface area contributed by atoms with Crippen LogP contribution in [0, 0.1) is 0 Å². The topological polar surface area (TPSA) is 127 Å². The molecule has 4 aromatic rings. The Morgan fingerprint density at radius 3 is 2.54 bits per heavy atom. The average molecular weight is 547 g/mol. The highest BCUT2D eigenvalue weighted by Gasteiger charge is 2.24. The first kappa shape index (κ1) is 27.6. The second-order valence-corrected chi connectivity index (χ2v) is 9.18. The third kappa shape index (κ3) is 7.31. The largest absolute Gasteiger partial charge is 0.479 e. The van der Waals surface area contributed by atoms with Gasteiger partial charge in [-0.1, -0.05) is 66.7 Å². The number of aliphatic hydroxyl groups excluding tert-OH is 1. The lowest BCUT2D eigenvalue weighted by atomic mass is 9.97. The fourth-order valence-corrected chi connectivity index (χ4v) is 4.16. The highest BCUT2D eigenvalue weighted by molar-refractivity contribution is 6.30. The predicted molar refractivity (Wildman–Crippen MR) is 147 cm³/mol. The van der Waals surface area contributed by atoms with Crippen LogP contribution in [-0.2, 0) is 11.2 Å². The van der Waals surface area contributed by atoms with Gasteiger partial charge in [-0.15, -0.1) is 0 Å². The van der Waals surface area contributed by atoms with Gasteiger partial charge in [0.2, 0.25) is 5.88 Å². The van der Waals surface area contributed by atoms with E-state index in [2.05, 4.69) is 22.0 Å². The molecular weight excluding hydrogens is 520 g/mol. The Bertz CT molecular complexity index is 1440. The van der Waals surface area contributed by atoms with Crippen molar-refractivity contribution >= 4 is 23.5 Å². The summed E-state index contributed by atoms with van der Waals surface area (Å²) in [7, 11) is 0. The van der Waals surface area contributed by atoms with Crippen molar-refractivity contribution < 1.29 is 24.5 Å². The van der Waals surface area contributed by atoms with Crippen LogP contribution >= 0.6 is 11.6 Å². The van der Waals surface area contributed by atoms with Gasteiger partial charge in [-0.2, -0.15) is 9.78 Å². The standard InChI is InChI=1S/C29H27ClN4O5/c1-2-14-39-27-18-24(33-34(27)26-8-3-4-13-31-26)28(36)32-23(17-25(35)29(37)38)15-19-9-11-20(12-10-19)21-6-5-7-22(30)16-21/h2-13,16,18,23,25,35H,1,14-15,17H2,(H,32,36)(H,37,38). The number of carbonyl (C=O) groups excluding carboxylic acids is 1. The Hall–Kier alpha value is -4.47. The summed E-state index contributed by atoms with van der Waals surface area (Å²) < 4.78 is 7.06. The normalized spacial score (nSPS) is 12.4. The van der Waals surface area contributed by atoms with E-state index in [1.165, 1.54) is 10.7 Å². The summed E-state index contributed by atoms with van der Waals surface area (Å²) in [4.78, 5) is 28.8. The van der Waals surface area contributed by atoms with Crippen molar-refractivity contribution in [2.24, 2.45) is 0 Å². The maximum atomic E-state index is 13.2. The van der Waals surface area contributed by atoms with Crippen molar-refractivity contribution in [2.75, 3.05) is 6.61 Å². The van der Waals surface area contributed by atoms with Gasteiger partial charge in [0.25, 0.3) is 5.91 Å². The monoisotopic (exact) mass is 546 g/mol. The number of benzene rings is 2. The summed E-state index contributed by atoms with van der Waals surface area (Å²) in [6, 6.07) is 21.1. The zero-order chi connectivity index (χ0) is 27.8. The molecule has 39 heavy (non-hydrogen) atoms. The van der Waals surface area contributed by atoms with Gasteiger partial charge in [0.1, 0.15) is 6.61 Å². The number of nitrogens with one attached hydrogen (secondary N) is 1. The number of aliphatic hydroxyl groups is 1. The van der Waals surface area contributed by atoms with Gasteiger partial charge in [-0.05, 0) is 47.4 Å². The van der Waals surface area contributed by atoms with Gasteiger partial charge in [-0.3, -0.25) is 4.79 Å². The van der Waals surface area contributed by atoms with Crippen LogP contribution in [0.1, 0.15) is 22.5 Å². The van der Waals surface area contributed by atoms with Crippen LogP contribution in [0.15, 0.2) is 91.6 Å². The molecule has 0 fully saturated rings. The average Bonchev–Trinajstić information content (AvgIpc) is 3.37. The van der Waals surface area contributed by atoms with Crippen molar-refractivity contribution in [1.29, 1.82) is 0 Å². The number of pyridine rings is 1. The Balaban J connectivity index is 1.54. The predicted octanol–water partition coefficient (Wildman–Crippen LogP) is 4.33. The van der Waals surface area contributed by atoms with E-state index in [0.29, 0.717) is 10.8 Å². The molecular formula is C29H27ClN4O5. The van der Waals surface area contributed by atoms with Gasteiger partial charge < -0.3 is 20.3 Å². The molecule has 0 bridgehead atoms. The van der Waals surface area contributed by atoms with E-state index in [1.807, 2.05) is 42.5 Å². The lowest BCUT2D eigenvalue weighted by molar-refractivity contribution is -0.147. The molecule has 0 aliphatic rings. The first-order chi connectivity index (χ1) is 18.8. The van der Waals surface area contributed by atoms with Gasteiger partial charge in [0.05, 0.1) is 0 Å². The molecule has 2 heterocycles. The summed E-state index contributed by atoms with van der Waals surface area (Å²) in [6.07, 6.45) is 1.59. The Morgan fingerprint density at radius 1 is 1.08 bits per heavy atom. The lowest BCUT2D eigenvalue weighted by Gasteiger charge is -2.20. The highest BCUT2D eigenvalue weighted by Crippen LogP contribution is 2.24. The van der Waals surface area contributed by atoms with E-state index in [0.717, 1.165) is 16.7 Å². The van der Waals surface area contributed by atoms with Crippen LogP contribution in [0.3, 0.4) is 0 Å². The number of aromatic nitrogens is 3. The first-order valence-corrected chi connectivity index (χ1v) is 12.5. The molecule has 0 aliphatic heterocycles. The van der Waals surface area contributed by atoms with E-state index >= 15 is 0 Å². The molecule has 4 rings (SSSR count). The number of hydrogen-bond donors (Lipinski definition) is 3. The van der Waals surface area contributed by atoms with Crippen molar-refractivity contribution in [3.8, 4) is 22.8 Å². The number of amides is 1. The Kier molecular flexibility index (Phi) is 9.09. The molecule has 3 N–H and O–H groups in total. The van der Waals surface area contributed by atoms with Gasteiger partial charge in [0, 0.05) is 29.7 Å². The van der Waals surface area contributed by atoms with Crippen molar-refractivity contribution in [2.45, 2.75) is 25.0 Å². The van der Waals surface area contributed by atoms with E-state index < -0.39 is 24.0 Å². The first-order valence-electron chi connectivity index (χ1n) is 12.2.